The Balaban J connectivity index is 1.79. The summed E-state index contributed by atoms with van der Waals surface area (Å²) in [5, 5.41) is 10.7. The summed E-state index contributed by atoms with van der Waals surface area (Å²) in [4.78, 5) is 15.4. The Hall–Kier alpha value is -0.520. The van der Waals surface area contributed by atoms with Crippen LogP contribution in [0.25, 0.3) is 0 Å². The predicted octanol–water partition coefficient (Wildman–Crippen LogP) is 3.51. The van der Waals surface area contributed by atoms with Gasteiger partial charge in [-0.2, -0.15) is 0 Å². The first-order valence-electron chi connectivity index (χ1n) is 7.50. The van der Waals surface area contributed by atoms with E-state index in [4.69, 9.17) is 0 Å². The second-order valence-electron chi connectivity index (χ2n) is 6.21. The van der Waals surface area contributed by atoms with Gasteiger partial charge in [-0.25, -0.2) is 0 Å². The molecule has 114 valence electrons. The van der Waals surface area contributed by atoms with Gasteiger partial charge < -0.3 is 10.0 Å². The first-order chi connectivity index (χ1) is 9.99. The lowest BCUT2D eigenvalue weighted by Crippen LogP contribution is -2.54. The molecular weight excluding hydrogens is 350 g/mol. The maximum Gasteiger partial charge on any atom is 0.255 e. The zero-order chi connectivity index (χ0) is 15.0. The van der Waals surface area contributed by atoms with Crippen molar-refractivity contribution in [2.75, 3.05) is 13.1 Å². The normalized spacial score (nSPS) is 29.1. The lowest BCUT2D eigenvalue weighted by atomic mass is 9.71. The molecule has 0 aromatic heterocycles. The van der Waals surface area contributed by atoms with Crippen molar-refractivity contribution in [2.45, 2.75) is 42.6 Å². The smallest absolute Gasteiger partial charge is 0.255 e. The highest BCUT2D eigenvalue weighted by Gasteiger charge is 2.43. The van der Waals surface area contributed by atoms with Crippen molar-refractivity contribution < 1.29 is 9.90 Å². The molecule has 1 N–H and O–H groups in total. The third-order valence-electron chi connectivity index (χ3n) is 4.90. The van der Waals surface area contributed by atoms with Crippen LogP contribution in [0.5, 0.6) is 0 Å². The van der Waals surface area contributed by atoms with E-state index in [0.29, 0.717) is 25.1 Å². The SMILES string of the molecule is O=C(c1cc(S)ccc1Br)N1CCC2(O)CCCCC2C1. The maximum atomic E-state index is 12.7. The van der Waals surface area contributed by atoms with Crippen LogP contribution in [0.15, 0.2) is 27.6 Å². The summed E-state index contributed by atoms with van der Waals surface area (Å²) < 4.78 is 0.801. The van der Waals surface area contributed by atoms with Crippen molar-refractivity contribution in [3.8, 4) is 0 Å². The van der Waals surface area contributed by atoms with E-state index in [1.54, 1.807) is 6.07 Å². The van der Waals surface area contributed by atoms with Crippen molar-refractivity contribution in [1.29, 1.82) is 0 Å². The molecule has 3 rings (SSSR count). The minimum absolute atomic E-state index is 0.0328. The van der Waals surface area contributed by atoms with Crippen LogP contribution in [-0.2, 0) is 0 Å². The number of fused-ring (bicyclic) bond motifs is 1. The summed E-state index contributed by atoms with van der Waals surface area (Å²) >= 11 is 7.76. The molecule has 5 heteroatoms. The van der Waals surface area contributed by atoms with Gasteiger partial charge in [-0.3, -0.25) is 4.79 Å². The number of nitrogens with zero attached hydrogens (tertiary/aromatic N) is 1. The van der Waals surface area contributed by atoms with Gasteiger partial charge in [0.05, 0.1) is 11.2 Å². The van der Waals surface area contributed by atoms with Gasteiger partial charge in [0, 0.05) is 28.4 Å². The fraction of sp³-hybridized carbons (Fsp3) is 0.562. The number of aliphatic hydroxyl groups is 1. The Bertz CT molecular complexity index is 565. The number of carbonyl (C=O) groups is 1. The number of likely N-dealkylation sites (tertiary alicyclic amines) is 1. The number of benzene rings is 1. The van der Waals surface area contributed by atoms with E-state index in [1.807, 2.05) is 17.0 Å². The van der Waals surface area contributed by atoms with E-state index >= 15 is 0 Å². The second kappa shape index (κ2) is 5.94. The van der Waals surface area contributed by atoms with Gasteiger partial charge in [0.1, 0.15) is 0 Å². The number of amides is 1. The van der Waals surface area contributed by atoms with Gasteiger partial charge in [0.25, 0.3) is 5.91 Å². The highest BCUT2D eigenvalue weighted by Crippen LogP contribution is 2.40. The molecule has 2 atom stereocenters. The molecule has 1 amide bonds. The van der Waals surface area contributed by atoms with Crippen LogP contribution in [0.3, 0.4) is 0 Å². The average Bonchev–Trinajstić information content (AvgIpc) is 2.48. The molecule has 0 bridgehead atoms. The van der Waals surface area contributed by atoms with Gasteiger partial charge in [-0.15, -0.1) is 12.6 Å². The predicted molar refractivity (Wildman–Crippen MR) is 88.8 cm³/mol. The Morgan fingerprint density at radius 3 is 3.00 bits per heavy atom. The number of halogens is 1. The Morgan fingerprint density at radius 1 is 1.38 bits per heavy atom. The van der Waals surface area contributed by atoms with E-state index in [2.05, 4.69) is 28.6 Å². The van der Waals surface area contributed by atoms with Crippen molar-refractivity contribution in [3.05, 3.63) is 28.2 Å². The van der Waals surface area contributed by atoms with Crippen LogP contribution in [0.4, 0.5) is 0 Å². The van der Waals surface area contributed by atoms with E-state index < -0.39 is 5.60 Å². The van der Waals surface area contributed by atoms with Crippen molar-refractivity contribution in [2.24, 2.45) is 5.92 Å². The number of carbonyl (C=O) groups excluding carboxylic acids is 1. The Morgan fingerprint density at radius 2 is 2.19 bits per heavy atom. The van der Waals surface area contributed by atoms with E-state index in [1.165, 1.54) is 0 Å². The van der Waals surface area contributed by atoms with E-state index in [9.17, 15) is 9.90 Å². The topological polar surface area (TPSA) is 40.5 Å². The molecular formula is C16H20BrNO2S. The van der Waals surface area contributed by atoms with Crippen LogP contribution in [0, 0.1) is 5.92 Å². The molecule has 1 aliphatic carbocycles. The molecule has 1 saturated carbocycles. The van der Waals surface area contributed by atoms with Crippen molar-refractivity contribution >= 4 is 34.5 Å². The fourth-order valence-electron chi connectivity index (χ4n) is 3.60. The van der Waals surface area contributed by atoms with Crippen LogP contribution in [-0.4, -0.2) is 34.6 Å². The third kappa shape index (κ3) is 3.01. The summed E-state index contributed by atoms with van der Waals surface area (Å²) in [5.74, 6) is 0.257. The molecule has 1 aromatic rings. The number of hydrogen-bond donors (Lipinski definition) is 2. The molecule has 0 radical (unpaired) electrons. The molecule has 21 heavy (non-hydrogen) atoms. The zero-order valence-corrected chi connectivity index (χ0v) is 14.4. The molecule has 0 spiro atoms. The monoisotopic (exact) mass is 369 g/mol. The highest BCUT2D eigenvalue weighted by molar-refractivity contribution is 9.10. The summed E-state index contributed by atoms with van der Waals surface area (Å²) in [7, 11) is 0. The quantitative estimate of drug-likeness (QED) is 0.743. The van der Waals surface area contributed by atoms with Crippen molar-refractivity contribution in [1.82, 2.24) is 4.90 Å². The second-order valence-corrected chi connectivity index (χ2v) is 7.58. The fourth-order valence-corrected chi connectivity index (χ4v) is 4.22. The largest absolute Gasteiger partial charge is 0.389 e. The summed E-state index contributed by atoms with van der Waals surface area (Å²) in [6.45, 7) is 1.30. The van der Waals surface area contributed by atoms with E-state index in [-0.39, 0.29) is 11.8 Å². The Labute approximate surface area is 139 Å². The first-order valence-corrected chi connectivity index (χ1v) is 8.74. The van der Waals surface area contributed by atoms with Gasteiger partial charge in [-0.05, 0) is 53.4 Å². The molecule has 1 heterocycles. The molecule has 1 saturated heterocycles. The average molecular weight is 370 g/mol. The zero-order valence-electron chi connectivity index (χ0n) is 11.9. The van der Waals surface area contributed by atoms with Crippen LogP contribution < -0.4 is 0 Å². The summed E-state index contributed by atoms with van der Waals surface area (Å²) in [6, 6.07) is 5.52. The van der Waals surface area contributed by atoms with Gasteiger partial charge in [0.15, 0.2) is 0 Å². The molecule has 1 aliphatic heterocycles. The maximum absolute atomic E-state index is 12.7. The molecule has 2 fully saturated rings. The van der Waals surface area contributed by atoms with Crippen LogP contribution in [0.2, 0.25) is 0 Å². The summed E-state index contributed by atoms with van der Waals surface area (Å²) in [6.07, 6.45) is 4.87. The number of rotatable bonds is 1. The Kier molecular flexibility index (Phi) is 4.35. The molecule has 3 nitrogen and oxygen atoms in total. The number of piperidine rings is 1. The van der Waals surface area contributed by atoms with Crippen LogP contribution in [0.1, 0.15) is 42.5 Å². The van der Waals surface area contributed by atoms with E-state index in [0.717, 1.165) is 35.1 Å². The lowest BCUT2D eigenvalue weighted by Gasteiger charge is -2.47. The summed E-state index contributed by atoms with van der Waals surface area (Å²) in [5.41, 5.74) is 0.112. The number of thiol groups is 1. The highest BCUT2D eigenvalue weighted by atomic mass is 79.9. The standard InChI is InChI=1S/C16H20BrNO2S/c17-14-5-4-12(21)9-13(14)15(19)18-8-7-16(20)6-2-1-3-11(16)10-18/h4-5,9,11,20-21H,1-3,6-8,10H2. The molecule has 1 aromatic carbocycles. The minimum atomic E-state index is -0.544. The first kappa shape index (κ1) is 15.4. The minimum Gasteiger partial charge on any atom is -0.389 e. The molecule has 2 unspecified atom stereocenters. The molecule has 2 aliphatic rings. The van der Waals surface area contributed by atoms with Gasteiger partial charge in [0.2, 0.25) is 0 Å². The third-order valence-corrected chi connectivity index (χ3v) is 5.86. The van der Waals surface area contributed by atoms with Gasteiger partial charge >= 0.3 is 0 Å². The lowest BCUT2D eigenvalue weighted by molar-refractivity contribution is -0.0886. The van der Waals surface area contributed by atoms with Crippen LogP contribution >= 0.6 is 28.6 Å². The van der Waals surface area contributed by atoms with Crippen molar-refractivity contribution in [3.63, 3.8) is 0 Å². The number of hydrogen-bond acceptors (Lipinski definition) is 3. The van der Waals surface area contributed by atoms with Gasteiger partial charge in [-0.1, -0.05) is 12.8 Å².